The van der Waals surface area contributed by atoms with Crippen molar-refractivity contribution in [1.29, 1.82) is 0 Å². The van der Waals surface area contributed by atoms with Gasteiger partial charge >= 0.3 is 6.18 Å². The largest absolute Gasteiger partial charge is 0.454 e. The highest BCUT2D eigenvalue weighted by molar-refractivity contribution is 5.79. The summed E-state index contributed by atoms with van der Waals surface area (Å²) >= 11 is 0. The molecular weight excluding hydrogens is 403 g/mol. The van der Waals surface area contributed by atoms with Crippen LogP contribution in [-0.4, -0.2) is 32.9 Å². The number of hydrogen-bond donors (Lipinski definition) is 1. The molecule has 2 heterocycles. The van der Waals surface area contributed by atoms with E-state index >= 15 is 0 Å². The maximum Gasteiger partial charge on any atom is 0.416 e. The minimum atomic E-state index is -4.48. The number of nitrogens with zero attached hydrogens (tertiary/aromatic N) is 4. The van der Waals surface area contributed by atoms with Crippen molar-refractivity contribution in [2.45, 2.75) is 25.7 Å². The van der Waals surface area contributed by atoms with Crippen molar-refractivity contribution < 1.29 is 27.4 Å². The smallest absolute Gasteiger partial charge is 0.416 e. The average molecular weight is 419 g/mol. The van der Waals surface area contributed by atoms with Gasteiger partial charge in [-0.05, 0) is 42.0 Å². The van der Waals surface area contributed by atoms with Gasteiger partial charge in [0.25, 0.3) is 0 Å². The zero-order valence-corrected chi connectivity index (χ0v) is 15.7. The van der Waals surface area contributed by atoms with Crippen molar-refractivity contribution >= 4 is 5.91 Å². The molecule has 0 spiro atoms. The monoisotopic (exact) mass is 419 g/mol. The molecular formula is C19H16F3N5O3. The molecule has 0 aliphatic carbocycles. The lowest BCUT2D eigenvalue weighted by atomic mass is 10.1. The predicted molar refractivity (Wildman–Crippen MR) is 97.4 cm³/mol. The summed E-state index contributed by atoms with van der Waals surface area (Å²) in [6.45, 7) is 1.97. The number of carbonyl (C=O) groups excluding carboxylic acids is 1. The number of rotatable bonds is 5. The standard InChI is InChI=1S/C19H16F3N5O3/c1-11(18(28)23-9-12-5-6-15-16(7-12)30-10-29-15)27-25-17(24-26-27)13-3-2-4-14(8-13)19(20,21)22/h2-8,11H,9-10H2,1H3,(H,23,28)/t11-/m1/s1. The van der Waals surface area contributed by atoms with Crippen LogP contribution in [0.25, 0.3) is 11.4 Å². The number of fused-ring (bicyclic) bond motifs is 1. The predicted octanol–water partition coefficient (Wildman–Crippen LogP) is 2.97. The van der Waals surface area contributed by atoms with Gasteiger partial charge in [0.15, 0.2) is 11.5 Å². The molecule has 0 bridgehead atoms. The van der Waals surface area contributed by atoms with Crippen LogP contribution in [0.4, 0.5) is 13.2 Å². The molecule has 8 nitrogen and oxygen atoms in total. The summed E-state index contributed by atoms with van der Waals surface area (Å²) in [7, 11) is 0. The second kappa shape index (κ2) is 7.65. The van der Waals surface area contributed by atoms with Crippen LogP contribution in [0.2, 0.25) is 0 Å². The van der Waals surface area contributed by atoms with Gasteiger partial charge < -0.3 is 14.8 Å². The van der Waals surface area contributed by atoms with E-state index in [2.05, 4.69) is 20.7 Å². The molecule has 0 fully saturated rings. The van der Waals surface area contributed by atoms with E-state index in [1.165, 1.54) is 12.1 Å². The molecule has 30 heavy (non-hydrogen) atoms. The van der Waals surface area contributed by atoms with Gasteiger partial charge in [-0.2, -0.15) is 18.0 Å². The zero-order valence-electron chi connectivity index (χ0n) is 15.7. The van der Waals surface area contributed by atoms with Crippen LogP contribution in [0.5, 0.6) is 11.5 Å². The minimum absolute atomic E-state index is 0.00322. The number of benzene rings is 2. The van der Waals surface area contributed by atoms with Gasteiger partial charge in [0, 0.05) is 12.1 Å². The molecule has 0 unspecified atom stereocenters. The fourth-order valence-corrected chi connectivity index (χ4v) is 2.83. The maximum atomic E-state index is 12.9. The fourth-order valence-electron chi connectivity index (χ4n) is 2.83. The molecule has 0 saturated heterocycles. The van der Waals surface area contributed by atoms with E-state index in [-0.39, 0.29) is 30.6 Å². The summed E-state index contributed by atoms with van der Waals surface area (Å²) in [4.78, 5) is 13.5. The third kappa shape index (κ3) is 4.04. The summed E-state index contributed by atoms with van der Waals surface area (Å²) in [5.74, 6) is 0.878. The van der Waals surface area contributed by atoms with Gasteiger partial charge in [0.05, 0.1) is 5.56 Å². The highest BCUT2D eigenvalue weighted by Gasteiger charge is 2.31. The molecule has 0 saturated carbocycles. The molecule has 1 N–H and O–H groups in total. The van der Waals surface area contributed by atoms with Gasteiger partial charge in [-0.1, -0.05) is 18.2 Å². The first-order valence-corrected chi connectivity index (χ1v) is 8.94. The molecule has 1 atom stereocenters. The van der Waals surface area contributed by atoms with Crippen LogP contribution in [0, 0.1) is 0 Å². The fraction of sp³-hybridized carbons (Fsp3) is 0.263. The quantitative estimate of drug-likeness (QED) is 0.684. The van der Waals surface area contributed by atoms with E-state index in [1.54, 1.807) is 25.1 Å². The Hall–Kier alpha value is -3.63. The normalized spacial score (nSPS) is 13.9. The van der Waals surface area contributed by atoms with E-state index in [0.717, 1.165) is 22.5 Å². The van der Waals surface area contributed by atoms with E-state index < -0.39 is 17.8 Å². The Morgan fingerprint density at radius 2 is 2.00 bits per heavy atom. The molecule has 4 rings (SSSR count). The maximum absolute atomic E-state index is 12.9. The average Bonchev–Trinajstić information content (AvgIpc) is 3.40. The summed E-state index contributed by atoms with van der Waals surface area (Å²) in [5.41, 5.74) is 0.158. The first-order chi connectivity index (χ1) is 14.3. The summed E-state index contributed by atoms with van der Waals surface area (Å²) in [6, 6.07) is 9.12. The number of nitrogens with one attached hydrogen (secondary N) is 1. The molecule has 1 aromatic heterocycles. The topological polar surface area (TPSA) is 91.2 Å². The number of amides is 1. The first-order valence-electron chi connectivity index (χ1n) is 8.94. The Bertz CT molecular complexity index is 1080. The number of aromatic nitrogens is 4. The SMILES string of the molecule is C[C@H](C(=O)NCc1ccc2c(c1)OCO2)n1nnc(-c2cccc(C(F)(F)F)c2)n1. The van der Waals surface area contributed by atoms with Crippen LogP contribution in [0.15, 0.2) is 42.5 Å². The number of hydrogen-bond acceptors (Lipinski definition) is 6. The van der Waals surface area contributed by atoms with Gasteiger partial charge in [0.2, 0.25) is 18.5 Å². The summed E-state index contributed by atoms with van der Waals surface area (Å²) < 4.78 is 49.2. The molecule has 3 aromatic rings. The number of carbonyl (C=O) groups is 1. The second-order valence-corrected chi connectivity index (χ2v) is 6.59. The number of ether oxygens (including phenoxy) is 2. The van der Waals surface area contributed by atoms with Crippen LogP contribution < -0.4 is 14.8 Å². The lowest BCUT2D eigenvalue weighted by Gasteiger charge is -2.11. The molecule has 156 valence electrons. The number of alkyl halides is 3. The lowest BCUT2D eigenvalue weighted by Crippen LogP contribution is -2.31. The molecule has 1 aliphatic heterocycles. The van der Waals surface area contributed by atoms with Crippen molar-refractivity contribution in [3.63, 3.8) is 0 Å². The van der Waals surface area contributed by atoms with E-state index in [9.17, 15) is 18.0 Å². The van der Waals surface area contributed by atoms with E-state index in [4.69, 9.17) is 9.47 Å². The number of tetrazole rings is 1. The Kier molecular flexibility index (Phi) is 5.02. The van der Waals surface area contributed by atoms with Crippen LogP contribution >= 0.6 is 0 Å². The summed E-state index contributed by atoms with van der Waals surface area (Å²) in [5, 5.41) is 14.4. The van der Waals surface area contributed by atoms with Crippen molar-refractivity contribution in [3.05, 3.63) is 53.6 Å². The van der Waals surface area contributed by atoms with Crippen LogP contribution in [0.3, 0.4) is 0 Å². The van der Waals surface area contributed by atoms with Gasteiger partial charge in [-0.3, -0.25) is 4.79 Å². The third-order valence-electron chi connectivity index (χ3n) is 4.51. The lowest BCUT2D eigenvalue weighted by molar-refractivity contribution is -0.137. The van der Waals surface area contributed by atoms with Crippen molar-refractivity contribution in [3.8, 4) is 22.9 Å². The Morgan fingerprint density at radius 3 is 2.80 bits per heavy atom. The van der Waals surface area contributed by atoms with Gasteiger partial charge in [0.1, 0.15) is 6.04 Å². The third-order valence-corrected chi connectivity index (χ3v) is 4.51. The minimum Gasteiger partial charge on any atom is -0.454 e. The highest BCUT2D eigenvalue weighted by atomic mass is 19.4. The van der Waals surface area contributed by atoms with E-state index in [1.807, 2.05) is 0 Å². The van der Waals surface area contributed by atoms with Crippen molar-refractivity contribution in [2.75, 3.05) is 6.79 Å². The first kappa shape index (κ1) is 19.7. The molecule has 11 heteroatoms. The Balaban J connectivity index is 1.42. The summed E-state index contributed by atoms with van der Waals surface area (Å²) in [6.07, 6.45) is -4.48. The highest BCUT2D eigenvalue weighted by Crippen LogP contribution is 2.33. The second-order valence-electron chi connectivity index (χ2n) is 6.59. The zero-order chi connectivity index (χ0) is 21.3. The van der Waals surface area contributed by atoms with Gasteiger partial charge in [-0.25, -0.2) is 0 Å². The Morgan fingerprint density at radius 1 is 1.20 bits per heavy atom. The molecule has 0 radical (unpaired) electrons. The van der Waals surface area contributed by atoms with Crippen LogP contribution in [0.1, 0.15) is 24.1 Å². The molecule has 1 amide bonds. The molecule has 2 aromatic carbocycles. The van der Waals surface area contributed by atoms with Crippen molar-refractivity contribution in [1.82, 2.24) is 25.5 Å². The Labute approximate surface area is 168 Å². The van der Waals surface area contributed by atoms with Gasteiger partial charge in [-0.15, -0.1) is 10.2 Å². The van der Waals surface area contributed by atoms with Crippen molar-refractivity contribution in [2.24, 2.45) is 0 Å². The van der Waals surface area contributed by atoms with Crippen LogP contribution in [-0.2, 0) is 17.5 Å². The van der Waals surface area contributed by atoms with E-state index in [0.29, 0.717) is 11.5 Å². The number of halogens is 3. The molecule has 1 aliphatic rings.